The number of carbonyl (C=O) groups excluding carboxylic acids is 1. The van der Waals surface area contributed by atoms with Crippen LogP contribution < -0.4 is 20.7 Å². The van der Waals surface area contributed by atoms with Crippen molar-refractivity contribution in [2.24, 2.45) is 5.92 Å². The number of nitrogens with zero attached hydrogens (tertiary/aromatic N) is 2. The molecule has 0 aromatic heterocycles. The summed E-state index contributed by atoms with van der Waals surface area (Å²) >= 11 is 12.5. The van der Waals surface area contributed by atoms with Crippen LogP contribution in [0.3, 0.4) is 0 Å². The summed E-state index contributed by atoms with van der Waals surface area (Å²) in [6.45, 7) is 7.92. The number of hydrogen-bond donors (Lipinski definition) is 3. The highest BCUT2D eigenvalue weighted by atomic mass is 35.5. The van der Waals surface area contributed by atoms with Crippen LogP contribution in [0.15, 0.2) is 66.7 Å². The normalized spacial score (nSPS) is 23.9. The van der Waals surface area contributed by atoms with Crippen molar-refractivity contribution in [1.29, 1.82) is 0 Å². The number of benzene rings is 3. The molecule has 3 N–H and O–H groups in total. The largest absolute Gasteiger partial charge is 0.493 e. The maximum absolute atomic E-state index is 15.0. The monoisotopic (exact) mass is 725 g/mol. The van der Waals surface area contributed by atoms with Crippen LogP contribution in [0.1, 0.15) is 54.1 Å². The first-order valence-electron chi connectivity index (χ1n) is 16.2. The molecule has 48 heavy (non-hydrogen) atoms. The molecule has 2 atom stereocenters. The second-order valence-electron chi connectivity index (χ2n) is 12.5. The minimum Gasteiger partial charge on any atom is -0.493 e. The van der Waals surface area contributed by atoms with Gasteiger partial charge in [-0.15, -0.1) is 12.4 Å². The highest BCUT2D eigenvalue weighted by molar-refractivity contribution is 6.30. The minimum atomic E-state index is -4.58. The van der Waals surface area contributed by atoms with E-state index in [1.165, 1.54) is 6.07 Å². The third kappa shape index (κ3) is 7.91. The van der Waals surface area contributed by atoms with E-state index in [-0.39, 0.29) is 30.7 Å². The number of halogens is 6. The second kappa shape index (κ2) is 15.5. The van der Waals surface area contributed by atoms with E-state index >= 15 is 0 Å². The summed E-state index contributed by atoms with van der Waals surface area (Å²) in [5.41, 5.74) is -0.431. The lowest BCUT2D eigenvalue weighted by molar-refractivity contribution is -0.141. The second-order valence-corrected chi connectivity index (χ2v) is 13.4. The fourth-order valence-corrected chi connectivity index (χ4v) is 7.31. The van der Waals surface area contributed by atoms with Gasteiger partial charge in [-0.2, -0.15) is 13.2 Å². The van der Waals surface area contributed by atoms with Crippen LogP contribution in [-0.2, 0) is 16.6 Å². The Morgan fingerprint density at radius 1 is 0.875 bits per heavy atom. The van der Waals surface area contributed by atoms with E-state index in [0.29, 0.717) is 34.6 Å². The van der Waals surface area contributed by atoms with Crippen LogP contribution in [-0.4, -0.2) is 68.1 Å². The number of ether oxygens (including phenoxy) is 1. The van der Waals surface area contributed by atoms with E-state index in [9.17, 15) is 18.0 Å². The Morgan fingerprint density at radius 3 is 1.92 bits per heavy atom. The summed E-state index contributed by atoms with van der Waals surface area (Å²) in [6.07, 6.45) is -2.89. The fraction of sp³-hybridized carbons (Fsp3) is 0.457. The van der Waals surface area contributed by atoms with Crippen molar-refractivity contribution in [3.63, 3.8) is 0 Å². The SMILES string of the molecule is CCOc1cc(C(F)(F)F)ccc1C1(C(=O)N2CCC(CN3CCNCC3)CC2)NC(c2ccc(Cl)cc2)C(c2ccc(Cl)cc2)N1.Cl. The van der Waals surface area contributed by atoms with E-state index in [0.717, 1.165) is 68.8 Å². The highest BCUT2D eigenvalue weighted by Crippen LogP contribution is 2.46. The van der Waals surface area contributed by atoms with Crippen molar-refractivity contribution in [3.05, 3.63) is 99.0 Å². The summed E-state index contributed by atoms with van der Waals surface area (Å²) in [7, 11) is 0. The average molecular weight is 727 g/mol. The van der Waals surface area contributed by atoms with E-state index in [1.807, 2.05) is 29.2 Å². The van der Waals surface area contributed by atoms with Crippen molar-refractivity contribution in [2.75, 3.05) is 52.4 Å². The molecule has 0 bridgehead atoms. The van der Waals surface area contributed by atoms with Gasteiger partial charge in [-0.25, -0.2) is 0 Å². The van der Waals surface area contributed by atoms with Gasteiger partial charge in [-0.05, 0) is 73.2 Å². The van der Waals surface area contributed by atoms with Gasteiger partial charge >= 0.3 is 6.18 Å². The number of piperazine rings is 1. The van der Waals surface area contributed by atoms with Crippen molar-refractivity contribution >= 4 is 41.5 Å². The maximum Gasteiger partial charge on any atom is 0.416 e. The molecule has 3 fully saturated rings. The van der Waals surface area contributed by atoms with Gasteiger partial charge in [0.25, 0.3) is 5.91 Å². The zero-order valence-electron chi connectivity index (χ0n) is 26.7. The fourth-order valence-electron chi connectivity index (χ4n) is 7.06. The van der Waals surface area contributed by atoms with Gasteiger partial charge in [0.15, 0.2) is 5.66 Å². The van der Waals surface area contributed by atoms with Gasteiger partial charge in [0.1, 0.15) is 5.75 Å². The Balaban J connectivity index is 0.00000451. The van der Waals surface area contributed by atoms with Gasteiger partial charge < -0.3 is 19.9 Å². The predicted octanol–water partition coefficient (Wildman–Crippen LogP) is 6.80. The minimum absolute atomic E-state index is 0. The molecule has 2 unspecified atom stereocenters. The van der Waals surface area contributed by atoms with E-state index in [1.54, 1.807) is 31.2 Å². The quantitative estimate of drug-likeness (QED) is 0.237. The molecule has 3 aromatic rings. The molecule has 3 aliphatic heterocycles. The average Bonchev–Trinajstić information content (AvgIpc) is 3.47. The molecule has 0 saturated carbocycles. The zero-order valence-corrected chi connectivity index (χ0v) is 29.0. The summed E-state index contributed by atoms with van der Waals surface area (Å²) in [4.78, 5) is 19.3. The summed E-state index contributed by atoms with van der Waals surface area (Å²) < 4.78 is 47.6. The summed E-state index contributed by atoms with van der Waals surface area (Å²) in [6, 6.07) is 17.2. The number of carbonyl (C=O) groups is 1. The van der Waals surface area contributed by atoms with Gasteiger partial charge in [-0.3, -0.25) is 15.4 Å². The third-order valence-electron chi connectivity index (χ3n) is 9.50. The Bertz CT molecular complexity index is 1480. The van der Waals surface area contributed by atoms with Gasteiger partial charge in [0, 0.05) is 61.4 Å². The van der Waals surface area contributed by atoms with Crippen LogP contribution in [0.2, 0.25) is 10.0 Å². The lowest BCUT2D eigenvalue weighted by atomic mass is 9.91. The zero-order chi connectivity index (χ0) is 33.2. The first-order valence-corrected chi connectivity index (χ1v) is 17.0. The lowest BCUT2D eigenvalue weighted by Gasteiger charge is -2.41. The molecule has 3 heterocycles. The Kier molecular flexibility index (Phi) is 11.9. The Morgan fingerprint density at radius 2 is 1.42 bits per heavy atom. The molecule has 1 amide bonds. The van der Waals surface area contributed by atoms with Crippen LogP contribution in [0.5, 0.6) is 5.75 Å². The number of hydrogen-bond acceptors (Lipinski definition) is 6. The predicted molar refractivity (Wildman–Crippen MR) is 185 cm³/mol. The van der Waals surface area contributed by atoms with Crippen molar-refractivity contribution < 1.29 is 22.7 Å². The molecule has 0 aliphatic carbocycles. The summed E-state index contributed by atoms with van der Waals surface area (Å²) in [5, 5.41) is 11.7. The number of amides is 1. The van der Waals surface area contributed by atoms with Crippen LogP contribution in [0, 0.1) is 5.92 Å². The first-order chi connectivity index (χ1) is 22.6. The molecule has 3 aromatic carbocycles. The van der Waals surface area contributed by atoms with E-state index in [4.69, 9.17) is 27.9 Å². The van der Waals surface area contributed by atoms with Gasteiger partial charge in [0.2, 0.25) is 0 Å². The Labute approximate surface area is 295 Å². The molecule has 3 saturated heterocycles. The molecule has 3 aliphatic rings. The molecular weight excluding hydrogens is 686 g/mol. The highest BCUT2D eigenvalue weighted by Gasteiger charge is 2.55. The molecule has 13 heteroatoms. The molecule has 7 nitrogen and oxygen atoms in total. The van der Waals surface area contributed by atoms with E-state index in [2.05, 4.69) is 20.9 Å². The molecule has 0 radical (unpaired) electrons. The van der Waals surface area contributed by atoms with Crippen molar-refractivity contribution in [2.45, 2.75) is 43.7 Å². The van der Waals surface area contributed by atoms with Crippen LogP contribution >= 0.6 is 35.6 Å². The molecular formula is C35H41Cl3F3N5O2. The van der Waals surface area contributed by atoms with Crippen LogP contribution in [0.4, 0.5) is 13.2 Å². The first kappa shape index (κ1) is 36.7. The standard InChI is InChI=1S/C35H40Cl2F3N5O2.ClH/c1-2-47-30-21-26(35(38,39)40)7-12-29(30)34(33(46)45-17-13-23(14-18-45)22-44-19-15-41-16-20-44)42-31(24-3-8-27(36)9-4-24)32(43-34)25-5-10-28(37)11-6-25;/h3-12,21,23,31-32,41-43H,2,13-20,22H2,1H3;1H. The number of likely N-dealkylation sites (tertiary alicyclic amines) is 1. The maximum atomic E-state index is 15.0. The van der Waals surface area contributed by atoms with Crippen molar-refractivity contribution in [3.8, 4) is 5.75 Å². The number of piperidine rings is 1. The number of nitrogens with one attached hydrogen (secondary N) is 3. The summed E-state index contributed by atoms with van der Waals surface area (Å²) in [5.74, 6) is 0.205. The number of alkyl halides is 3. The van der Waals surface area contributed by atoms with Crippen molar-refractivity contribution in [1.82, 2.24) is 25.8 Å². The molecule has 0 spiro atoms. The Hall–Kier alpha value is -2.57. The lowest BCUT2D eigenvalue weighted by Crippen LogP contribution is -2.60. The van der Waals surface area contributed by atoms with Gasteiger partial charge in [-0.1, -0.05) is 53.5 Å². The van der Waals surface area contributed by atoms with Gasteiger partial charge in [0.05, 0.1) is 24.3 Å². The van der Waals surface area contributed by atoms with Crippen LogP contribution in [0.25, 0.3) is 0 Å². The molecule has 6 rings (SSSR count). The molecule has 260 valence electrons. The topological polar surface area (TPSA) is 68.9 Å². The smallest absolute Gasteiger partial charge is 0.416 e. The number of rotatable bonds is 8. The van der Waals surface area contributed by atoms with E-state index < -0.39 is 29.5 Å². The third-order valence-corrected chi connectivity index (χ3v) is 10.0.